The van der Waals surface area contributed by atoms with Gasteiger partial charge in [0.2, 0.25) is 0 Å². The standard InChI is InChI=1S/C27H30N2O5S/c1-18(2)19-7-5-8-20(15-19)21-13-14-26(28-16-21)35(32,33)29-24-11-4-3-9-23-22(24)10-6-12-25(23)34-17-27(30)31/h5-8,10,12-16,18,24,29H,3-4,9,11,17H2,1-2H3,(H,30,31). The number of aliphatic carboxylic acids is 1. The highest BCUT2D eigenvalue weighted by atomic mass is 32.2. The minimum Gasteiger partial charge on any atom is -0.482 e. The summed E-state index contributed by atoms with van der Waals surface area (Å²) in [7, 11) is -3.87. The van der Waals surface area contributed by atoms with Gasteiger partial charge in [-0.05, 0) is 65.6 Å². The molecular weight excluding hydrogens is 464 g/mol. The minimum atomic E-state index is -3.87. The summed E-state index contributed by atoms with van der Waals surface area (Å²) in [6.07, 6.45) is 4.62. The van der Waals surface area contributed by atoms with E-state index in [1.165, 1.54) is 11.6 Å². The van der Waals surface area contributed by atoms with Crippen molar-refractivity contribution in [2.75, 3.05) is 6.61 Å². The number of benzene rings is 2. The molecule has 1 atom stereocenters. The zero-order valence-corrected chi connectivity index (χ0v) is 20.7. The van der Waals surface area contributed by atoms with E-state index in [0.717, 1.165) is 35.1 Å². The number of carboxylic acids is 1. The van der Waals surface area contributed by atoms with E-state index >= 15 is 0 Å². The van der Waals surface area contributed by atoms with Crippen molar-refractivity contribution in [3.63, 3.8) is 0 Å². The summed E-state index contributed by atoms with van der Waals surface area (Å²) in [6.45, 7) is 3.82. The van der Waals surface area contributed by atoms with E-state index < -0.39 is 28.6 Å². The van der Waals surface area contributed by atoms with Crippen LogP contribution in [0, 0.1) is 0 Å². The maximum atomic E-state index is 13.2. The molecule has 0 aliphatic heterocycles. The minimum absolute atomic E-state index is 0.0367. The Bertz CT molecular complexity index is 1300. The van der Waals surface area contributed by atoms with E-state index in [1.54, 1.807) is 24.4 Å². The third-order valence-corrected chi connectivity index (χ3v) is 7.65. The van der Waals surface area contributed by atoms with Gasteiger partial charge in [0.1, 0.15) is 5.75 Å². The summed E-state index contributed by atoms with van der Waals surface area (Å²) in [5.74, 6) is -0.176. The van der Waals surface area contributed by atoms with Crippen molar-refractivity contribution in [1.29, 1.82) is 0 Å². The Balaban J connectivity index is 1.57. The molecule has 0 amide bonds. The van der Waals surface area contributed by atoms with Crippen LogP contribution in [-0.4, -0.2) is 31.1 Å². The molecule has 8 heteroatoms. The number of carboxylic acid groups (broad SMARTS) is 1. The molecule has 0 saturated heterocycles. The number of rotatable bonds is 8. The lowest BCUT2D eigenvalue weighted by molar-refractivity contribution is -0.139. The van der Waals surface area contributed by atoms with Gasteiger partial charge in [0.15, 0.2) is 11.6 Å². The summed E-state index contributed by atoms with van der Waals surface area (Å²) in [5.41, 5.74) is 4.72. The second-order valence-corrected chi connectivity index (χ2v) is 10.8. The lowest BCUT2D eigenvalue weighted by Gasteiger charge is -2.21. The normalized spacial score (nSPS) is 15.9. The van der Waals surface area contributed by atoms with Gasteiger partial charge in [-0.3, -0.25) is 0 Å². The van der Waals surface area contributed by atoms with Gasteiger partial charge >= 0.3 is 5.97 Å². The van der Waals surface area contributed by atoms with Crippen molar-refractivity contribution < 1.29 is 23.1 Å². The molecule has 1 aromatic heterocycles. The van der Waals surface area contributed by atoms with Gasteiger partial charge in [-0.25, -0.2) is 22.9 Å². The first-order chi connectivity index (χ1) is 16.7. The molecule has 1 unspecified atom stereocenters. The molecule has 0 saturated carbocycles. The fourth-order valence-electron chi connectivity index (χ4n) is 4.41. The first-order valence-electron chi connectivity index (χ1n) is 11.8. The number of ether oxygens (including phenoxy) is 1. The number of pyridine rings is 1. The molecule has 184 valence electrons. The van der Waals surface area contributed by atoms with Gasteiger partial charge < -0.3 is 9.84 Å². The average Bonchev–Trinajstić information content (AvgIpc) is 3.05. The highest BCUT2D eigenvalue weighted by Crippen LogP contribution is 2.35. The van der Waals surface area contributed by atoms with Crippen LogP contribution in [0.15, 0.2) is 65.8 Å². The van der Waals surface area contributed by atoms with Crippen LogP contribution in [0.3, 0.4) is 0 Å². The molecule has 4 rings (SSSR count). The topological polar surface area (TPSA) is 106 Å². The van der Waals surface area contributed by atoms with Crippen LogP contribution in [0.4, 0.5) is 0 Å². The predicted octanol–water partition coefficient (Wildman–Crippen LogP) is 5.08. The number of aromatic nitrogens is 1. The zero-order valence-electron chi connectivity index (χ0n) is 19.9. The SMILES string of the molecule is CC(C)c1cccc(-c2ccc(S(=O)(=O)NC3CCCCc4c(OCC(=O)O)cccc43)nc2)c1. The third-order valence-electron chi connectivity index (χ3n) is 6.26. The van der Waals surface area contributed by atoms with Crippen LogP contribution in [0.5, 0.6) is 5.75 Å². The van der Waals surface area contributed by atoms with E-state index in [-0.39, 0.29) is 5.03 Å². The van der Waals surface area contributed by atoms with Crippen molar-refractivity contribution in [3.8, 4) is 16.9 Å². The number of sulfonamides is 1. The van der Waals surface area contributed by atoms with Crippen LogP contribution < -0.4 is 9.46 Å². The first-order valence-corrected chi connectivity index (χ1v) is 13.3. The van der Waals surface area contributed by atoms with E-state index in [0.29, 0.717) is 24.5 Å². The van der Waals surface area contributed by atoms with Crippen molar-refractivity contribution in [1.82, 2.24) is 9.71 Å². The molecule has 0 spiro atoms. The Hall–Kier alpha value is -3.23. The summed E-state index contributed by atoms with van der Waals surface area (Å²) in [4.78, 5) is 15.2. The predicted molar refractivity (Wildman–Crippen MR) is 134 cm³/mol. The lowest BCUT2D eigenvalue weighted by atomic mass is 9.98. The van der Waals surface area contributed by atoms with Gasteiger partial charge in [-0.2, -0.15) is 0 Å². The Labute approximate surface area is 206 Å². The van der Waals surface area contributed by atoms with E-state index in [2.05, 4.69) is 35.7 Å². The Morgan fingerprint density at radius 1 is 1.11 bits per heavy atom. The second kappa shape index (κ2) is 10.6. The highest BCUT2D eigenvalue weighted by Gasteiger charge is 2.27. The smallest absolute Gasteiger partial charge is 0.341 e. The third kappa shape index (κ3) is 5.89. The molecule has 0 radical (unpaired) electrons. The van der Waals surface area contributed by atoms with Crippen LogP contribution in [-0.2, 0) is 21.2 Å². The first kappa shape index (κ1) is 24.9. The average molecular weight is 495 g/mol. The van der Waals surface area contributed by atoms with Gasteiger partial charge in [0.25, 0.3) is 10.0 Å². The number of nitrogens with zero attached hydrogens (tertiary/aromatic N) is 1. The van der Waals surface area contributed by atoms with Crippen LogP contribution in [0.1, 0.15) is 61.8 Å². The summed E-state index contributed by atoms with van der Waals surface area (Å²) in [5, 5.41) is 8.93. The Morgan fingerprint density at radius 2 is 1.91 bits per heavy atom. The van der Waals surface area contributed by atoms with E-state index in [1.807, 2.05) is 18.2 Å². The number of carbonyl (C=O) groups is 1. The molecule has 3 aromatic rings. The van der Waals surface area contributed by atoms with Crippen molar-refractivity contribution >= 4 is 16.0 Å². The molecule has 2 aromatic carbocycles. The van der Waals surface area contributed by atoms with Crippen molar-refractivity contribution in [2.45, 2.75) is 56.5 Å². The van der Waals surface area contributed by atoms with E-state index in [9.17, 15) is 13.2 Å². The van der Waals surface area contributed by atoms with Gasteiger partial charge in [-0.1, -0.05) is 56.7 Å². The molecule has 0 fully saturated rings. The van der Waals surface area contributed by atoms with Crippen molar-refractivity contribution in [2.24, 2.45) is 0 Å². The maximum absolute atomic E-state index is 13.2. The molecule has 1 aliphatic carbocycles. The molecule has 1 aliphatic rings. The monoisotopic (exact) mass is 494 g/mol. The highest BCUT2D eigenvalue weighted by molar-refractivity contribution is 7.89. The van der Waals surface area contributed by atoms with Gasteiger partial charge in [0.05, 0.1) is 0 Å². The molecule has 0 bridgehead atoms. The fourth-order valence-corrected chi connectivity index (χ4v) is 5.59. The maximum Gasteiger partial charge on any atom is 0.341 e. The summed E-state index contributed by atoms with van der Waals surface area (Å²) in [6, 6.07) is 16.4. The Morgan fingerprint density at radius 3 is 2.63 bits per heavy atom. The molecule has 7 nitrogen and oxygen atoms in total. The Kier molecular flexibility index (Phi) is 7.52. The van der Waals surface area contributed by atoms with Gasteiger partial charge in [0, 0.05) is 17.8 Å². The lowest BCUT2D eigenvalue weighted by Crippen LogP contribution is -2.29. The summed E-state index contributed by atoms with van der Waals surface area (Å²) >= 11 is 0. The fraction of sp³-hybridized carbons (Fsp3) is 0.333. The number of hydrogen-bond donors (Lipinski definition) is 2. The van der Waals surface area contributed by atoms with Crippen LogP contribution in [0.2, 0.25) is 0 Å². The van der Waals surface area contributed by atoms with Crippen LogP contribution in [0.25, 0.3) is 11.1 Å². The largest absolute Gasteiger partial charge is 0.482 e. The van der Waals surface area contributed by atoms with Crippen molar-refractivity contribution in [3.05, 3.63) is 77.5 Å². The quantitative estimate of drug-likeness (QED) is 0.423. The van der Waals surface area contributed by atoms with E-state index in [4.69, 9.17) is 9.84 Å². The number of fused-ring (bicyclic) bond motifs is 1. The number of hydrogen-bond acceptors (Lipinski definition) is 5. The summed E-state index contributed by atoms with van der Waals surface area (Å²) < 4.78 is 34.8. The molecular formula is C27H30N2O5S. The van der Waals surface area contributed by atoms with Crippen LogP contribution >= 0.6 is 0 Å². The zero-order chi connectivity index (χ0) is 25.0. The number of nitrogens with one attached hydrogen (secondary N) is 1. The second-order valence-electron chi connectivity index (χ2n) is 9.09. The molecule has 35 heavy (non-hydrogen) atoms. The molecule has 2 N–H and O–H groups in total. The van der Waals surface area contributed by atoms with Gasteiger partial charge in [-0.15, -0.1) is 0 Å². The molecule has 1 heterocycles.